The summed E-state index contributed by atoms with van der Waals surface area (Å²) in [6, 6.07) is 2.51. The van der Waals surface area contributed by atoms with E-state index in [1.807, 2.05) is 0 Å². The van der Waals surface area contributed by atoms with E-state index >= 15 is 0 Å². The fourth-order valence-corrected chi connectivity index (χ4v) is 2.51. The predicted octanol–water partition coefficient (Wildman–Crippen LogP) is 2.36. The van der Waals surface area contributed by atoms with Gasteiger partial charge in [0.1, 0.15) is 17.0 Å². The van der Waals surface area contributed by atoms with E-state index in [2.05, 4.69) is 9.50 Å². The molecule has 0 aliphatic carbocycles. The van der Waals surface area contributed by atoms with Gasteiger partial charge in [0.05, 0.1) is 30.6 Å². The molecular weight excluding hydrogens is 394 g/mol. The van der Waals surface area contributed by atoms with Crippen molar-refractivity contribution in [2.24, 2.45) is 0 Å². The molecule has 158 valence electrons. The summed E-state index contributed by atoms with van der Waals surface area (Å²) in [7, 11) is -0.742. The van der Waals surface area contributed by atoms with Gasteiger partial charge < -0.3 is 14.4 Å². The number of nitro groups is 1. The fourth-order valence-electron chi connectivity index (χ4n) is 2.14. The van der Waals surface area contributed by atoms with Crippen molar-refractivity contribution in [2.75, 3.05) is 43.8 Å². The molecule has 28 heavy (non-hydrogen) atoms. The number of anilines is 2. The Kier molecular flexibility index (Phi) is 7.58. The number of hydrogen-bond acceptors (Lipinski definition) is 9. The van der Waals surface area contributed by atoms with E-state index in [1.54, 1.807) is 20.8 Å². The molecule has 0 spiro atoms. The Bertz CT molecular complexity index is 833. The molecule has 1 rings (SSSR count). The SMILES string of the molecule is COc1cc(N(C)CCOS(C)(=O)=O)c([N+](=O)[O-])cc1NC(=O)OC(C)(C)C. The quantitative estimate of drug-likeness (QED) is 0.382. The Balaban J connectivity index is 3.15. The lowest BCUT2D eigenvalue weighted by molar-refractivity contribution is -0.384. The van der Waals surface area contributed by atoms with Gasteiger partial charge in [0.2, 0.25) is 0 Å². The van der Waals surface area contributed by atoms with Crippen molar-refractivity contribution in [1.82, 2.24) is 0 Å². The molecule has 0 aliphatic heterocycles. The average Bonchev–Trinajstić information content (AvgIpc) is 2.51. The van der Waals surface area contributed by atoms with Crippen LogP contribution in [-0.2, 0) is 19.0 Å². The standard InChI is InChI=1S/C16H25N3O8S/c1-16(2,3)27-15(20)17-11-9-13(19(21)22)12(10-14(11)25-5)18(4)7-8-26-28(6,23)24/h9-10H,7-8H2,1-6H3,(H,17,20). The van der Waals surface area contributed by atoms with Gasteiger partial charge in [-0.05, 0) is 20.8 Å². The lowest BCUT2D eigenvalue weighted by atomic mass is 10.2. The smallest absolute Gasteiger partial charge is 0.412 e. The minimum Gasteiger partial charge on any atom is -0.494 e. The van der Waals surface area contributed by atoms with Crippen LogP contribution in [0.2, 0.25) is 0 Å². The number of hydrogen-bond donors (Lipinski definition) is 1. The molecule has 0 aromatic heterocycles. The molecule has 0 atom stereocenters. The van der Waals surface area contributed by atoms with Crippen LogP contribution in [-0.4, -0.2) is 58.6 Å². The van der Waals surface area contributed by atoms with Gasteiger partial charge in [-0.1, -0.05) is 0 Å². The van der Waals surface area contributed by atoms with Crippen LogP contribution in [0.5, 0.6) is 5.75 Å². The summed E-state index contributed by atoms with van der Waals surface area (Å²) < 4.78 is 37.1. The molecule has 0 aliphatic rings. The van der Waals surface area contributed by atoms with E-state index in [9.17, 15) is 23.3 Å². The van der Waals surface area contributed by atoms with Gasteiger partial charge in [-0.3, -0.25) is 19.6 Å². The molecule has 0 radical (unpaired) electrons. The molecule has 0 bridgehead atoms. The molecule has 0 saturated heterocycles. The summed E-state index contributed by atoms with van der Waals surface area (Å²) in [5, 5.41) is 13.9. The maximum Gasteiger partial charge on any atom is 0.412 e. The van der Waals surface area contributed by atoms with Crippen LogP contribution >= 0.6 is 0 Å². The number of methoxy groups -OCH3 is 1. The molecule has 11 nitrogen and oxygen atoms in total. The van der Waals surface area contributed by atoms with Crippen molar-refractivity contribution in [1.29, 1.82) is 0 Å². The molecule has 0 heterocycles. The van der Waals surface area contributed by atoms with Crippen LogP contribution in [0.3, 0.4) is 0 Å². The van der Waals surface area contributed by atoms with Crippen LogP contribution in [0.4, 0.5) is 21.9 Å². The average molecular weight is 419 g/mol. The van der Waals surface area contributed by atoms with Crippen LogP contribution < -0.4 is 15.0 Å². The lowest BCUT2D eigenvalue weighted by Crippen LogP contribution is -2.27. The van der Waals surface area contributed by atoms with Gasteiger partial charge in [-0.2, -0.15) is 8.42 Å². The first-order chi connectivity index (χ1) is 12.7. The van der Waals surface area contributed by atoms with E-state index < -0.39 is 26.7 Å². The summed E-state index contributed by atoms with van der Waals surface area (Å²) in [6.45, 7) is 4.93. The van der Waals surface area contributed by atoms with E-state index in [0.717, 1.165) is 12.3 Å². The second-order valence-electron chi connectivity index (χ2n) is 6.87. The zero-order chi connectivity index (χ0) is 21.7. The number of nitro benzene ring substituents is 1. The normalized spacial score (nSPS) is 11.6. The van der Waals surface area contributed by atoms with E-state index in [4.69, 9.17) is 9.47 Å². The molecule has 1 amide bonds. The van der Waals surface area contributed by atoms with Gasteiger partial charge >= 0.3 is 6.09 Å². The number of carbonyl (C=O) groups excluding carboxylic acids is 1. The second kappa shape index (κ2) is 9.06. The zero-order valence-electron chi connectivity index (χ0n) is 16.6. The Morgan fingerprint density at radius 3 is 2.39 bits per heavy atom. The number of nitrogens with zero attached hydrogens (tertiary/aromatic N) is 2. The maximum absolute atomic E-state index is 12.0. The Morgan fingerprint density at radius 1 is 1.32 bits per heavy atom. The van der Waals surface area contributed by atoms with Gasteiger partial charge in [-0.25, -0.2) is 4.79 Å². The van der Waals surface area contributed by atoms with Gasteiger partial charge in [0, 0.05) is 25.7 Å². The van der Waals surface area contributed by atoms with Gasteiger partial charge in [0.15, 0.2) is 0 Å². The Labute approximate surface area is 163 Å². The van der Waals surface area contributed by atoms with E-state index in [1.165, 1.54) is 25.1 Å². The molecule has 1 aromatic rings. The third-order valence-corrected chi connectivity index (χ3v) is 3.86. The fraction of sp³-hybridized carbons (Fsp3) is 0.562. The molecule has 0 fully saturated rings. The van der Waals surface area contributed by atoms with Crippen molar-refractivity contribution < 1.29 is 31.8 Å². The minimum absolute atomic E-state index is 0.0629. The Morgan fingerprint density at radius 2 is 1.93 bits per heavy atom. The molecule has 1 aromatic carbocycles. The topological polar surface area (TPSA) is 137 Å². The summed E-state index contributed by atoms with van der Waals surface area (Å²) in [6.07, 6.45) is 0.123. The third kappa shape index (κ3) is 7.56. The first kappa shape index (κ1) is 23.4. The zero-order valence-corrected chi connectivity index (χ0v) is 17.5. The van der Waals surface area contributed by atoms with Crippen molar-refractivity contribution >= 4 is 33.3 Å². The highest BCUT2D eigenvalue weighted by Crippen LogP contribution is 2.38. The first-order valence-corrected chi connectivity index (χ1v) is 9.97. The van der Waals surface area contributed by atoms with Crippen LogP contribution in [0, 0.1) is 10.1 Å². The summed E-state index contributed by atoms with van der Waals surface area (Å²) in [5.74, 6) is 0.169. The molecular formula is C16H25N3O8S. The third-order valence-electron chi connectivity index (χ3n) is 3.26. The number of benzene rings is 1. The largest absolute Gasteiger partial charge is 0.494 e. The monoisotopic (exact) mass is 419 g/mol. The number of likely N-dealkylation sites (N-methyl/N-ethyl adjacent to an activating group) is 1. The van der Waals surface area contributed by atoms with Crippen LogP contribution in [0.25, 0.3) is 0 Å². The summed E-state index contributed by atoms with van der Waals surface area (Å²) in [5.41, 5.74) is -0.835. The molecule has 12 heteroatoms. The summed E-state index contributed by atoms with van der Waals surface area (Å²) >= 11 is 0. The maximum atomic E-state index is 12.0. The number of amides is 1. The lowest BCUT2D eigenvalue weighted by Gasteiger charge is -2.22. The minimum atomic E-state index is -3.62. The number of rotatable bonds is 8. The van der Waals surface area contributed by atoms with Gasteiger partial charge in [0.25, 0.3) is 15.8 Å². The van der Waals surface area contributed by atoms with Crippen LogP contribution in [0.1, 0.15) is 20.8 Å². The van der Waals surface area contributed by atoms with Crippen molar-refractivity contribution in [2.45, 2.75) is 26.4 Å². The molecule has 0 unspecified atom stereocenters. The van der Waals surface area contributed by atoms with Crippen LogP contribution in [0.15, 0.2) is 12.1 Å². The van der Waals surface area contributed by atoms with Crippen molar-refractivity contribution in [3.63, 3.8) is 0 Å². The highest BCUT2D eigenvalue weighted by molar-refractivity contribution is 7.85. The highest BCUT2D eigenvalue weighted by Gasteiger charge is 2.24. The molecule has 1 N–H and O–H groups in total. The van der Waals surface area contributed by atoms with Crippen molar-refractivity contribution in [3.05, 3.63) is 22.2 Å². The predicted molar refractivity (Wildman–Crippen MR) is 104 cm³/mol. The van der Waals surface area contributed by atoms with Crippen molar-refractivity contribution in [3.8, 4) is 5.75 Å². The Hall–Kier alpha value is -2.60. The number of nitrogens with one attached hydrogen (secondary N) is 1. The molecule has 0 saturated carbocycles. The van der Waals surface area contributed by atoms with Gasteiger partial charge in [-0.15, -0.1) is 0 Å². The van der Waals surface area contributed by atoms with E-state index in [-0.39, 0.29) is 36.0 Å². The summed E-state index contributed by atoms with van der Waals surface area (Å²) in [4.78, 5) is 24.3. The second-order valence-corrected chi connectivity index (χ2v) is 8.52. The highest BCUT2D eigenvalue weighted by atomic mass is 32.2. The number of carbonyl (C=O) groups is 1. The first-order valence-electron chi connectivity index (χ1n) is 8.15. The number of ether oxygens (including phenoxy) is 2. The van der Waals surface area contributed by atoms with E-state index in [0.29, 0.717) is 0 Å².